The lowest BCUT2D eigenvalue weighted by Crippen LogP contribution is -2.56. The average Bonchev–Trinajstić information content (AvgIpc) is 2.25. The zero-order valence-corrected chi connectivity index (χ0v) is 11.0. The van der Waals surface area contributed by atoms with Gasteiger partial charge in [0.05, 0.1) is 0 Å². The highest BCUT2D eigenvalue weighted by Gasteiger charge is 2.27. The third-order valence-electron chi connectivity index (χ3n) is 3.04. The topological polar surface area (TPSA) is 35.6 Å². The summed E-state index contributed by atoms with van der Waals surface area (Å²) in [5.41, 5.74) is 0.214. The van der Waals surface area contributed by atoms with Crippen LogP contribution in [0.5, 0.6) is 0 Å². The van der Waals surface area contributed by atoms with Gasteiger partial charge >= 0.3 is 6.03 Å². The molecule has 0 aromatic rings. The van der Waals surface area contributed by atoms with Gasteiger partial charge in [-0.25, -0.2) is 4.79 Å². The SMILES string of the molecule is CCCNC(=O)N1CCN(C(C)(C)C)CC1. The molecule has 0 unspecified atom stereocenters. The van der Waals surface area contributed by atoms with Crippen molar-refractivity contribution in [1.82, 2.24) is 15.1 Å². The summed E-state index contributed by atoms with van der Waals surface area (Å²) < 4.78 is 0. The molecule has 16 heavy (non-hydrogen) atoms. The predicted octanol–water partition coefficient (Wildman–Crippen LogP) is 1.52. The molecule has 0 aromatic carbocycles. The highest BCUT2D eigenvalue weighted by molar-refractivity contribution is 5.74. The number of carbonyl (C=O) groups is 1. The van der Waals surface area contributed by atoms with E-state index in [0.717, 1.165) is 39.1 Å². The molecule has 0 saturated carbocycles. The first-order valence-corrected chi connectivity index (χ1v) is 6.23. The van der Waals surface area contributed by atoms with Crippen LogP contribution in [0.25, 0.3) is 0 Å². The maximum atomic E-state index is 11.7. The van der Waals surface area contributed by atoms with Crippen LogP contribution < -0.4 is 5.32 Å². The van der Waals surface area contributed by atoms with Crippen LogP contribution in [-0.4, -0.2) is 54.1 Å². The van der Waals surface area contributed by atoms with Crippen molar-refractivity contribution in [3.8, 4) is 0 Å². The van der Waals surface area contributed by atoms with Crippen LogP contribution in [0.3, 0.4) is 0 Å². The van der Waals surface area contributed by atoms with Crippen LogP contribution >= 0.6 is 0 Å². The van der Waals surface area contributed by atoms with Crippen LogP contribution in [0.1, 0.15) is 34.1 Å². The first kappa shape index (κ1) is 13.3. The molecule has 94 valence electrons. The zero-order valence-electron chi connectivity index (χ0n) is 11.0. The van der Waals surface area contributed by atoms with Crippen LogP contribution in [0.2, 0.25) is 0 Å². The van der Waals surface area contributed by atoms with Gasteiger partial charge in [0.1, 0.15) is 0 Å². The molecule has 0 aliphatic carbocycles. The molecule has 1 fully saturated rings. The van der Waals surface area contributed by atoms with Crippen LogP contribution in [0.15, 0.2) is 0 Å². The summed E-state index contributed by atoms with van der Waals surface area (Å²) >= 11 is 0. The monoisotopic (exact) mass is 227 g/mol. The fourth-order valence-corrected chi connectivity index (χ4v) is 1.92. The number of amides is 2. The van der Waals surface area contributed by atoms with Gasteiger partial charge in [0.2, 0.25) is 0 Å². The second-order valence-electron chi connectivity index (χ2n) is 5.38. The van der Waals surface area contributed by atoms with Gasteiger partial charge in [-0.1, -0.05) is 6.92 Å². The summed E-state index contributed by atoms with van der Waals surface area (Å²) in [6, 6.07) is 0.0930. The minimum Gasteiger partial charge on any atom is -0.338 e. The Kier molecular flexibility index (Phi) is 4.59. The summed E-state index contributed by atoms with van der Waals surface area (Å²) in [4.78, 5) is 16.1. The average molecular weight is 227 g/mol. The van der Waals surface area contributed by atoms with Gasteiger partial charge < -0.3 is 10.2 Å². The Hall–Kier alpha value is -0.770. The van der Waals surface area contributed by atoms with Crippen molar-refractivity contribution < 1.29 is 4.79 Å². The number of urea groups is 1. The van der Waals surface area contributed by atoms with E-state index in [9.17, 15) is 4.79 Å². The van der Waals surface area contributed by atoms with E-state index in [1.165, 1.54) is 0 Å². The normalized spacial score (nSPS) is 18.6. The number of piperazine rings is 1. The number of hydrogen-bond donors (Lipinski definition) is 1. The standard InChI is InChI=1S/C12H25N3O/c1-5-6-13-11(16)14-7-9-15(10-8-14)12(2,3)4/h5-10H2,1-4H3,(H,13,16). The molecule has 1 N–H and O–H groups in total. The number of nitrogens with one attached hydrogen (secondary N) is 1. The summed E-state index contributed by atoms with van der Waals surface area (Å²) in [5, 5.41) is 2.92. The smallest absolute Gasteiger partial charge is 0.317 e. The molecule has 0 atom stereocenters. The highest BCUT2D eigenvalue weighted by atomic mass is 16.2. The van der Waals surface area contributed by atoms with E-state index in [1.807, 2.05) is 4.90 Å². The lowest BCUT2D eigenvalue weighted by atomic mass is 10.1. The van der Waals surface area contributed by atoms with Crippen molar-refractivity contribution in [3.05, 3.63) is 0 Å². The third kappa shape index (κ3) is 3.67. The fourth-order valence-electron chi connectivity index (χ4n) is 1.92. The van der Waals surface area contributed by atoms with E-state index < -0.39 is 0 Å². The van der Waals surface area contributed by atoms with E-state index in [1.54, 1.807) is 0 Å². The van der Waals surface area contributed by atoms with Gasteiger partial charge in [-0.2, -0.15) is 0 Å². The van der Waals surface area contributed by atoms with Crippen LogP contribution in [0, 0.1) is 0 Å². The molecule has 1 heterocycles. The van der Waals surface area contributed by atoms with Crippen LogP contribution in [0.4, 0.5) is 4.79 Å². The molecular formula is C12H25N3O. The largest absolute Gasteiger partial charge is 0.338 e. The van der Waals surface area contributed by atoms with Crippen molar-refractivity contribution >= 4 is 6.03 Å². The second kappa shape index (κ2) is 5.53. The van der Waals surface area contributed by atoms with Gasteiger partial charge in [-0.15, -0.1) is 0 Å². The molecule has 1 saturated heterocycles. The van der Waals surface area contributed by atoms with E-state index in [4.69, 9.17) is 0 Å². The van der Waals surface area contributed by atoms with Crippen molar-refractivity contribution in [2.24, 2.45) is 0 Å². The van der Waals surface area contributed by atoms with Crippen LogP contribution in [-0.2, 0) is 0 Å². The van der Waals surface area contributed by atoms with Gasteiger partial charge in [0.25, 0.3) is 0 Å². The van der Waals surface area contributed by atoms with E-state index in [0.29, 0.717) is 0 Å². The van der Waals surface area contributed by atoms with E-state index in [2.05, 4.69) is 37.9 Å². The number of hydrogen-bond acceptors (Lipinski definition) is 2. The molecule has 0 aromatic heterocycles. The molecule has 1 aliphatic rings. The molecule has 4 heteroatoms. The second-order valence-corrected chi connectivity index (χ2v) is 5.38. The summed E-state index contributed by atoms with van der Waals surface area (Å²) in [7, 11) is 0. The van der Waals surface area contributed by atoms with E-state index >= 15 is 0 Å². The van der Waals surface area contributed by atoms with Crippen molar-refractivity contribution in [2.45, 2.75) is 39.7 Å². The maximum Gasteiger partial charge on any atom is 0.317 e. The van der Waals surface area contributed by atoms with Crippen molar-refractivity contribution in [3.63, 3.8) is 0 Å². The Balaban J connectivity index is 2.34. The first-order valence-electron chi connectivity index (χ1n) is 6.23. The lowest BCUT2D eigenvalue weighted by molar-refractivity contribution is 0.0744. The van der Waals surface area contributed by atoms with Crippen molar-refractivity contribution in [2.75, 3.05) is 32.7 Å². The van der Waals surface area contributed by atoms with Crippen molar-refractivity contribution in [1.29, 1.82) is 0 Å². The molecule has 0 radical (unpaired) electrons. The minimum atomic E-state index is 0.0930. The summed E-state index contributed by atoms with van der Waals surface area (Å²) in [6.45, 7) is 13.1. The Labute approximate surface area is 99.0 Å². The minimum absolute atomic E-state index is 0.0930. The molecular weight excluding hydrogens is 202 g/mol. The number of nitrogens with zero attached hydrogens (tertiary/aromatic N) is 2. The Morgan fingerprint density at radius 2 is 1.75 bits per heavy atom. The third-order valence-corrected chi connectivity index (χ3v) is 3.04. The molecule has 1 rings (SSSR count). The Bertz CT molecular complexity index is 227. The Morgan fingerprint density at radius 3 is 2.19 bits per heavy atom. The summed E-state index contributed by atoms with van der Waals surface area (Å²) in [5.74, 6) is 0. The molecule has 0 spiro atoms. The molecule has 0 bridgehead atoms. The Morgan fingerprint density at radius 1 is 1.19 bits per heavy atom. The molecule has 2 amide bonds. The van der Waals surface area contributed by atoms with Gasteiger partial charge in [-0.05, 0) is 27.2 Å². The lowest BCUT2D eigenvalue weighted by Gasteiger charge is -2.42. The van der Waals surface area contributed by atoms with Gasteiger partial charge in [-0.3, -0.25) is 4.90 Å². The first-order chi connectivity index (χ1) is 7.45. The highest BCUT2D eigenvalue weighted by Crippen LogP contribution is 2.15. The zero-order chi connectivity index (χ0) is 12.2. The molecule has 1 aliphatic heterocycles. The van der Waals surface area contributed by atoms with Gasteiger partial charge in [0.15, 0.2) is 0 Å². The summed E-state index contributed by atoms with van der Waals surface area (Å²) in [6.07, 6.45) is 0.994. The van der Waals surface area contributed by atoms with Gasteiger partial charge in [0, 0.05) is 38.3 Å². The maximum absolute atomic E-state index is 11.7. The quantitative estimate of drug-likeness (QED) is 0.776. The van der Waals surface area contributed by atoms with E-state index in [-0.39, 0.29) is 11.6 Å². The number of rotatable bonds is 2. The fraction of sp³-hybridized carbons (Fsp3) is 0.917. The predicted molar refractivity (Wildman–Crippen MR) is 66.6 cm³/mol. The molecule has 4 nitrogen and oxygen atoms in total. The number of carbonyl (C=O) groups excluding carboxylic acids is 1.